The zero-order chi connectivity index (χ0) is 21.4. The number of ether oxygens (including phenoxy) is 2. The topological polar surface area (TPSA) is 71.1 Å². The van der Waals surface area contributed by atoms with Gasteiger partial charge in [-0.05, 0) is 37.4 Å². The molecule has 2 aromatic carbocycles. The number of hydrogen-bond donors (Lipinski definition) is 1. The van der Waals surface area contributed by atoms with Crippen LogP contribution in [-0.4, -0.2) is 63.0 Å². The van der Waals surface area contributed by atoms with E-state index in [2.05, 4.69) is 5.32 Å². The predicted molar refractivity (Wildman–Crippen MR) is 114 cm³/mol. The van der Waals surface area contributed by atoms with Gasteiger partial charge in [-0.2, -0.15) is 0 Å². The quantitative estimate of drug-likeness (QED) is 0.676. The Morgan fingerprint density at radius 1 is 1.00 bits per heavy atom. The number of anilines is 1. The van der Waals surface area contributed by atoms with Crippen LogP contribution in [0.25, 0.3) is 0 Å². The third kappa shape index (κ3) is 6.66. The van der Waals surface area contributed by atoms with Gasteiger partial charge < -0.3 is 19.7 Å². The van der Waals surface area contributed by atoms with E-state index in [0.29, 0.717) is 28.8 Å². The van der Waals surface area contributed by atoms with Crippen molar-refractivity contribution in [2.75, 3.05) is 46.7 Å². The second-order valence-electron chi connectivity index (χ2n) is 6.63. The van der Waals surface area contributed by atoms with Gasteiger partial charge in [0.05, 0.1) is 27.3 Å². The number of nitrogens with one attached hydrogen (secondary N) is 1. The maximum absolute atomic E-state index is 12.6. The van der Waals surface area contributed by atoms with Crippen LogP contribution in [0.5, 0.6) is 11.5 Å². The minimum Gasteiger partial charge on any atom is -0.493 e. The van der Waals surface area contributed by atoms with Crippen LogP contribution < -0.4 is 14.8 Å². The van der Waals surface area contributed by atoms with Crippen LogP contribution in [0, 0.1) is 0 Å². The molecule has 0 fully saturated rings. The van der Waals surface area contributed by atoms with Crippen LogP contribution in [-0.2, 0) is 16.1 Å². The average Bonchev–Trinajstić information content (AvgIpc) is 2.69. The SMILES string of the molecule is COc1cccc(CN(C)C(=O)CN(C)CC(=O)Nc2ccc(Cl)cc2)c1OC. The van der Waals surface area contributed by atoms with Crippen molar-refractivity contribution in [2.45, 2.75) is 6.54 Å². The van der Waals surface area contributed by atoms with E-state index in [4.69, 9.17) is 21.1 Å². The third-order valence-corrected chi connectivity index (χ3v) is 4.52. The van der Waals surface area contributed by atoms with Gasteiger partial charge in [-0.3, -0.25) is 14.5 Å². The molecule has 156 valence electrons. The fourth-order valence-electron chi connectivity index (χ4n) is 2.81. The highest BCUT2D eigenvalue weighted by Crippen LogP contribution is 2.31. The Bertz CT molecular complexity index is 842. The third-order valence-electron chi connectivity index (χ3n) is 4.26. The number of likely N-dealkylation sites (N-methyl/N-ethyl adjacent to an activating group) is 2. The normalized spacial score (nSPS) is 10.6. The van der Waals surface area contributed by atoms with Gasteiger partial charge in [0.15, 0.2) is 11.5 Å². The lowest BCUT2D eigenvalue weighted by Gasteiger charge is -2.23. The van der Waals surface area contributed by atoms with Gasteiger partial charge in [0.25, 0.3) is 0 Å². The minimum absolute atomic E-state index is 0.0880. The summed E-state index contributed by atoms with van der Waals surface area (Å²) in [6.07, 6.45) is 0. The van der Waals surface area contributed by atoms with E-state index in [-0.39, 0.29) is 24.9 Å². The molecule has 0 saturated heterocycles. The highest BCUT2D eigenvalue weighted by molar-refractivity contribution is 6.30. The van der Waals surface area contributed by atoms with E-state index in [1.807, 2.05) is 12.1 Å². The summed E-state index contributed by atoms with van der Waals surface area (Å²) in [7, 11) is 6.57. The van der Waals surface area contributed by atoms with Crippen molar-refractivity contribution in [2.24, 2.45) is 0 Å². The van der Waals surface area contributed by atoms with Crippen LogP contribution in [0.4, 0.5) is 5.69 Å². The minimum atomic E-state index is -0.209. The molecule has 0 aliphatic rings. The molecule has 0 bridgehead atoms. The summed E-state index contributed by atoms with van der Waals surface area (Å²) >= 11 is 5.84. The summed E-state index contributed by atoms with van der Waals surface area (Å²) in [6, 6.07) is 12.4. The maximum atomic E-state index is 12.6. The van der Waals surface area contributed by atoms with E-state index in [9.17, 15) is 9.59 Å². The van der Waals surface area contributed by atoms with Crippen molar-refractivity contribution in [1.82, 2.24) is 9.80 Å². The average molecular weight is 420 g/mol. The molecular formula is C21H26ClN3O4. The number of benzene rings is 2. The van der Waals surface area contributed by atoms with Crippen LogP contribution in [0.2, 0.25) is 5.02 Å². The Balaban J connectivity index is 1.88. The monoisotopic (exact) mass is 419 g/mol. The van der Waals surface area contributed by atoms with E-state index in [0.717, 1.165) is 5.56 Å². The highest BCUT2D eigenvalue weighted by atomic mass is 35.5. The Hall–Kier alpha value is -2.77. The number of amides is 2. The number of carbonyl (C=O) groups excluding carboxylic acids is 2. The molecule has 0 atom stereocenters. The fraction of sp³-hybridized carbons (Fsp3) is 0.333. The van der Waals surface area contributed by atoms with Gasteiger partial charge in [-0.15, -0.1) is 0 Å². The molecule has 0 saturated carbocycles. The molecule has 1 N–H and O–H groups in total. The molecule has 0 aliphatic carbocycles. The molecule has 29 heavy (non-hydrogen) atoms. The van der Waals surface area contributed by atoms with Gasteiger partial charge in [0, 0.05) is 29.9 Å². The first-order valence-electron chi connectivity index (χ1n) is 9.01. The maximum Gasteiger partial charge on any atom is 0.238 e. The van der Waals surface area contributed by atoms with Gasteiger partial charge in [-0.1, -0.05) is 23.7 Å². The summed E-state index contributed by atoms with van der Waals surface area (Å²) in [5.41, 5.74) is 1.49. The van der Waals surface area contributed by atoms with Crippen LogP contribution in [0.1, 0.15) is 5.56 Å². The first kappa shape index (κ1) is 22.5. The Morgan fingerprint density at radius 3 is 2.31 bits per heavy atom. The lowest BCUT2D eigenvalue weighted by molar-refractivity contribution is -0.131. The zero-order valence-corrected chi connectivity index (χ0v) is 17.8. The summed E-state index contributed by atoms with van der Waals surface area (Å²) in [5, 5.41) is 3.37. The highest BCUT2D eigenvalue weighted by Gasteiger charge is 2.17. The van der Waals surface area contributed by atoms with E-state index >= 15 is 0 Å². The number of hydrogen-bond acceptors (Lipinski definition) is 5. The van der Waals surface area contributed by atoms with Crippen molar-refractivity contribution >= 4 is 29.1 Å². The Labute approximate surface area is 176 Å². The van der Waals surface area contributed by atoms with E-state index in [1.165, 1.54) is 0 Å². The van der Waals surface area contributed by atoms with Gasteiger partial charge in [0.2, 0.25) is 11.8 Å². The summed E-state index contributed by atoms with van der Waals surface area (Å²) < 4.78 is 10.7. The first-order valence-corrected chi connectivity index (χ1v) is 9.39. The zero-order valence-electron chi connectivity index (χ0n) is 17.1. The van der Waals surface area contributed by atoms with Crippen molar-refractivity contribution in [3.63, 3.8) is 0 Å². The Morgan fingerprint density at radius 2 is 1.69 bits per heavy atom. The second kappa shape index (κ2) is 10.7. The van der Waals surface area contributed by atoms with Gasteiger partial charge in [0.1, 0.15) is 0 Å². The molecule has 7 nitrogen and oxygen atoms in total. The molecule has 2 amide bonds. The smallest absolute Gasteiger partial charge is 0.238 e. The molecule has 2 aromatic rings. The van der Waals surface area contributed by atoms with Gasteiger partial charge >= 0.3 is 0 Å². The largest absolute Gasteiger partial charge is 0.493 e. The van der Waals surface area contributed by atoms with E-state index < -0.39 is 0 Å². The molecule has 8 heteroatoms. The predicted octanol–water partition coefficient (Wildman–Crippen LogP) is 2.89. The number of halogens is 1. The van der Waals surface area contributed by atoms with Crippen molar-refractivity contribution in [3.05, 3.63) is 53.1 Å². The Kier molecular flexibility index (Phi) is 8.30. The second-order valence-corrected chi connectivity index (χ2v) is 7.07. The molecule has 0 heterocycles. The molecule has 0 radical (unpaired) electrons. The molecule has 0 aliphatic heterocycles. The first-order chi connectivity index (χ1) is 13.8. The molecular weight excluding hydrogens is 394 g/mol. The molecule has 2 rings (SSSR count). The van der Waals surface area contributed by atoms with Crippen molar-refractivity contribution in [1.29, 1.82) is 0 Å². The van der Waals surface area contributed by atoms with Crippen molar-refractivity contribution in [3.8, 4) is 11.5 Å². The summed E-state index contributed by atoms with van der Waals surface area (Å²) in [6.45, 7) is 0.561. The van der Waals surface area contributed by atoms with E-state index in [1.54, 1.807) is 68.4 Å². The number of para-hydroxylation sites is 1. The lowest BCUT2D eigenvalue weighted by Crippen LogP contribution is -2.39. The number of rotatable bonds is 9. The molecule has 0 unspecified atom stereocenters. The molecule has 0 aromatic heterocycles. The van der Waals surface area contributed by atoms with Crippen molar-refractivity contribution < 1.29 is 19.1 Å². The summed E-state index contributed by atoms with van der Waals surface area (Å²) in [5.74, 6) is 0.892. The number of carbonyl (C=O) groups is 2. The van der Waals surface area contributed by atoms with Crippen LogP contribution >= 0.6 is 11.6 Å². The van der Waals surface area contributed by atoms with Gasteiger partial charge in [-0.25, -0.2) is 0 Å². The number of nitrogens with zero attached hydrogens (tertiary/aromatic N) is 2. The van der Waals surface area contributed by atoms with Crippen LogP contribution in [0.3, 0.4) is 0 Å². The summed E-state index contributed by atoms with van der Waals surface area (Å²) in [4.78, 5) is 28.0. The van der Waals surface area contributed by atoms with Crippen LogP contribution in [0.15, 0.2) is 42.5 Å². The lowest BCUT2D eigenvalue weighted by atomic mass is 10.1. The number of methoxy groups -OCH3 is 2. The molecule has 0 spiro atoms. The fourth-order valence-corrected chi connectivity index (χ4v) is 2.93. The standard InChI is InChI=1S/C21H26ClN3O4/c1-24(13-19(26)23-17-10-8-16(22)9-11-17)14-20(27)25(2)12-15-6-5-7-18(28-3)21(15)29-4/h5-11H,12-14H2,1-4H3,(H,23,26).